The molecule has 4 rings (SSSR count). The summed E-state index contributed by atoms with van der Waals surface area (Å²) >= 11 is 0. The molecule has 25 heavy (non-hydrogen) atoms. The highest BCUT2D eigenvalue weighted by molar-refractivity contribution is 5.92. The zero-order valence-electron chi connectivity index (χ0n) is 14.8. The van der Waals surface area contributed by atoms with Gasteiger partial charge < -0.3 is 5.11 Å². The highest BCUT2D eigenvalue weighted by atomic mass is 19.1. The second-order valence-electron chi connectivity index (χ2n) is 8.59. The van der Waals surface area contributed by atoms with Crippen molar-refractivity contribution in [2.24, 2.45) is 28.6 Å². The second-order valence-corrected chi connectivity index (χ2v) is 8.59. The van der Waals surface area contributed by atoms with Gasteiger partial charge in [0.05, 0.1) is 0 Å². The number of carbonyl (C=O) groups is 2. The molecule has 0 radical (unpaired) electrons. The summed E-state index contributed by atoms with van der Waals surface area (Å²) in [6, 6.07) is 0. The topological polar surface area (TPSA) is 54.4 Å². The Balaban J connectivity index is 1.77. The van der Waals surface area contributed by atoms with Crippen LogP contribution in [0.25, 0.3) is 0 Å². The molecule has 1 N–H and O–H groups in total. The van der Waals surface area contributed by atoms with Gasteiger partial charge in [-0.1, -0.05) is 37.6 Å². The number of hydrogen-bond donors (Lipinski definition) is 1. The predicted molar refractivity (Wildman–Crippen MR) is 92.5 cm³/mol. The Morgan fingerprint density at radius 2 is 2.08 bits per heavy atom. The molecule has 1 fully saturated rings. The molecule has 0 aromatic rings. The van der Waals surface area contributed by atoms with E-state index in [1.165, 1.54) is 5.57 Å². The number of hydrogen-bond acceptors (Lipinski definition) is 3. The number of alkyl halides is 1. The molecule has 6 atom stereocenters. The summed E-state index contributed by atoms with van der Waals surface area (Å²) in [6.45, 7) is 3.72. The van der Waals surface area contributed by atoms with Gasteiger partial charge in [-0.25, -0.2) is 4.39 Å². The van der Waals surface area contributed by atoms with Crippen LogP contribution in [0.2, 0.25) is 0 Å². The van der Waals surface area contributed by atoms with Crippen LogP contribution in [0.1, 0.15) is 39.5 Å². The van der Waals surface area contributed by atoms with Gasteiger partial charge in [0.25, 0.3) is 0 Å². The molecule has 4 aliphatic carbocycles. The first-order chi connectivity index (χ1) is 11.8. The standard InChI is InChI=1S/C21H25FO3/c1-20-8-6-15-13(14(20)3-4-16(20)19(25)11-23)10-18(22)17-9-12(24)5-7-21(15,17)2/h3-4,6,9,13-14,16,18,23H,5,7-8,10-11H2,1-2H3/t13-,14-,16+,18-,20-,21+/m0/s1. The Morgan fingerprint density at radius 3 is 2.80 bits per heavy atom. The van der Waals surface area contributed by atoms with Crippen molar-refractivity contribution in [3.63, 3.8) is 0 Å². The maximum absolute atomic E-state index is 15.0. The van der Waals surface area contributed by atoms with E-state index < -0.39 is 12.8 Å². The first-order valence-electron chi connectivity index (χ1n) is 9.22. The number of Topliss-reactive ketones (excluding diaryl/α,β-unsaturated/α-hetero) is 1. The fourth-order valence-corrected chi connectivity index (χ4v) is 5.91. The third kappa shape index (κ3) is 2.19. The van der Waals surface area contributed by atoms with E-state index in [0.717, 1.165) is 6.42 Å². The average Bonchev–Trinajstić information content (AvgIpc) is 2.93. The Kier molecular flexibility index (Phi) is 3.70. The van der Waals surface area contributed by atoms with Crippen LogP contribution in [0.4, 0.5) is 4.39 Å². The highest BCUT2D eigenvalue weighted by Gasteiger charge is 2.57. The van der Waals surface area contributed by atoms with Gasteiger partial charge >= 0.3 is 0 Å². The minimum absolute atomic E-state index is 0.0317. The van der Waals surface area contributed by atoms with E-state index in [1.54, 1.807) is 6.08 Å². The van der Waals surface area contributed by atoms with Gasteiger partial charge in [0.1, 0.15) is 12.8 Å². The number of ketones is 2. The molecular formula is C21H25FO3. The number of halogens is 1. The Hall–Kier alpha value is -1.55. The smallest absolute Gasteiger partial charge is 0.165 e. The Labute approximate surface area is 147 Å². The van der Waals surface area contributed by atoms with E-state index in [-0.39, 0.29) is 40.2 Å². The fourth-order valence-electron chi connectivity index (χ4n) is 5.91. The fraction of sp³-hybridized carbons (Fsp3) is 0.619. The van der Waals surface area contributed by atoms with Crippen LogP contribution in [0.3, 0.4) is 0 Å². The summed E-state index contributed by atoms with van der Waals surface area (Å²) in [5.74, 6) is -0.236. The number of carbonyl (C=O) groups excluding carboxylic acids is 2. The summed E-state index contributed by atoms with van der Waals surface area (Å²) < 4.78 is 15.0. The van der Waals surface area contributed by atoms with Crippen LogP contribution in [0.5, 0.6) is 0 Å². The quantitative estimate of drug-likeness (QED) is 0.782. The third-order valence-electron chi connectivity index (χ3n) is 7.34. The summed E-state index contributed by atoms with van der Waals surface area (Å²) in [5.41, 5.74) is 1.25. The maximum atomic E-state index is 15.0. The van der Waals surface area contributed by atoms with Crippen LogP contribution in [0.15, 0.2) is 35.5 Å². The van der Waals surface area contributed by atoms with Crippen molar-refractivity contribution in [1.82, 2.24) is 0 Å². The molecule has 0 aliphatic heterocycles. The van der Waals surface area contributed by atoms with E-state index in [0.29, 0.717) is 24.8 Å². The zero-order valence-corrected chi connectivity index (χ0v) is 14.8. The number of allylic oxidation sites excluding steroid dienone is 6. The summed E-state index contributed by atoms with van der Waals surface area (Å²) in [7, 11) is 0. The minimum atomic E-state index is -1.10. The van der Waals surface area contributed by atoms with Crippen LogP contribution in [-0.4, -0.2) is 29.5 Å². The van der Waals surface area contributed by atoms with Gasteiger partial charge in [0.15, 0.2) is 11.6 Å². The molecule has 3 nitrogen and oxygen atoms in total. The van der Waals surface area contributed by atoms with E-state index >= 15 is 4.39 Å². The Bertz CT molecular complexity index is 733. The van der Waals surface area contributed by atoms with E-state index in [1.807, 2.05) is 6.08 Å². The van der Waals surface area contributed by atoms with Crippen LogP contribution in [0, 0.1) is 28.6 Å². The molecule has 0 unspecified atom stereocenters. The van der Waals surface area contributed by atoms with Gasteiger partial charge in [-0.2, -0.15) is 0 Å². The average molecular weight is 344 g/mol. The lowest BCUT2D eigenvalue weighted by Gasteiger charge is -2.54. The van der Waals surface area contributed by atoms with Gasteiger partial charge in [-0.05, 0) is 48.2 Å². The molecule has 4 aliphatic rings. The van der Waals surface area contributed by atoms with E-state index in [4.69, 9.17) is 0 Å². The van der Waals surface area contributed by atoms with E-state index in [9.17, 15) is 14.7 Å². The normalized spacial score (nSPS) is 45.2. The molecular weight excluding hydrogens is 319 g/mol. The largest absolute Gasteiger partial charge is 0.389 e. The number of rotatable bonds is 2. The van der Waals surface area contributed by atoms with Gasteiger partial charge in [-0.3, -0.25) is 9.59 Å². The molecule has 1 saturated carbocycles. The van der Waals surface area contributed by atoms with Crippen molar-refractivity contribution in [3.8, 4) is 0 Å². The number of aliphatic hydroxyl groups is 1. The number of aliphatic hydroxyl groups excluding tert-OH is 1. The summed E-state index contributed by atoms with van der Waals surface area (Å²) in [5, 5.41) is 9.30. The first kappa shape index (κ1) is 16.9. The molecule has 0 spiro atoms. The van der Waals surface area contributed by atoms with E-state index in [2.05, 4.69) is 26.0 Å². The van der Waals surface area contributed by atoms with Crippen LogP contribution in [-0.2, 0) is 9.59 Å². The van der Waals surface area contributed by atoms with Gasteiger partial charge in [0.2, 0.25) is 0 Å². The molecule has 0 heterocycles. The minimum Gasteiger partial charge on any atom is -0.389 e. The third-order valence-corrected chi connectivity index (χ3v) is 7.34. The molecule has 0 bridgehead atoms. The summed E-state index contributed by atoms with van der Waals surface area (Å²) in [6.07, 6.45) is 8.93. The number of fused-ring (bicyclic) bond motifs is 5. The molecule has 4 heteroatoms. The molecule has 0 aromatic heterocycles. The second kappa shape index (κ2) is 5.47. The summed E-state index contributed by atoms with van der Waals surface area (Å²) in [4.78, 5) is 24.0. The highest BCUT2D eigenvalue weighted by Crippen LogP contribution is 2.63. The van der Waals surface area contributed by atoms with Crippen molar-refractivity contribution in [1.29, 1.82) is 0 Å². The van der Waals surface area contributed by atoms with Crippen LogP contribution >= 0.6 is 0 Å². The van der Waals surface area contributed by atoms with Crippen molar-refractivity contribution >= 4 is 11.6 Å². The van der Waals surface area contributed by atoms with Crippen molar-refractivity contribution in [3.05, 3.63) is 35.5 Å². The maximum Gasteiger partial charge on any atom is 0.165 e. The molecule has 0 amide bonds. The lowest BCUT2D eigenvalue weighted by Crippen LogP contribution is -2.48. The van der Waals surface area contributed by atoms with Crippen molar-refractivity contribution in [2.45, 2.75) is 45.7 Å². The van der Waals surface area contributed by atoms with Crippen LogP contribution < -0.4 is 0 Å². The molecule has 0 aromatic carbocycles. The lowest BCUT2D eigenvalue weighted by atomic mass is 9.50. The van der Waals surface area contributed by atoms with Gasteiger partial charge in [0, 0.05) is 17.8 Å². The lowest BCUT2D eigenvalue weighted by molar-refractivity contribution is -0.128. The zero-order chi connectivity index (χ0) is 18.0. The monoisotopic (exact) mass is 344 g/mol. The van der Waals surface area contributed by atoms with Gasteiger partial charge in [-0.15, -0.1) is 0 Å². The SMILES string of the molecule is C[C@]12CCC(=O)C=C1[C@@H](F)C[C@@H]1C2=CC[C@]2(C)[C@@H](C(=O)CO)C=C[C@@H]12. The Morgan fingerprint density at radius 1 is 1.32 bits per heavy atom. The van der Waals surface area contributed by atoms with Crippen molar-refractivity contribution < 1.29 is 19.1 Å². The van der Waals surface area contributed by atoms with Crippen molar-refractivity contribution in [2.75, 3.05) is 6.61 Å². The molecule has 134 valence electrons. The predicted octanol–water partition coefficient (Wildman–Crippen LogP) is 3.34. The first-order valence-corrected chi connectivity index (χ1v) is 9.22. The molecule has 0 saturated heterocycles.